The van der Waals surface area contributed by atoms with Gasteiger partial charge in [0.1, 0.15) is 5.75 Å². The Labute approximate surface area is 190 Å². The lowest BCUT2D eigenvalue weighted by molar-refractivity contribution is -0.118. The fourth-order valence-electron chi connectivity index (χ4n) is 3.28. The normalized spacial score (nSPS) is 10.9. The van der Waals surface area contributed by atoms with Crippen molar-refractivity contribution in [2.45, 2.75) is 26.8 Å². The zero-order valence-electron chi connectivity index (χ0n) is 17.3. The SMILES string of the molecule is CCOc1ccc(CC(=O)N(Cc2cccnc2)c2nc3c(C)ccc(Cl)c3s2)cc1. The molecule has 0 spiro atoms. The molecule has 4 rings (SSSR count). The number of rotatable bonds is 7. The van der Waals surface area contributed by atoms with E-state index in [1.807, 2.05) is 62.4 Å². The zero-order chi connectivity index (χ0) is 21.8. The maximum atomic E-state index is 13.4. The number of hydrogen-bond donors (Lipinski definition) is 0. The van der Waals surface area contributed by atoms with Gasteiger partial charge in [-0.15, -0.1) is 0 Å². The van der Waals surface area contributed by atoms with Crippen LogP contribution in [0.5, 0.6) is 5.75 Å². The van der Waals surface area contributed by atoms with Gasteiger partial charge in [-0.05, 0) is 54.8 Å². The number of anilines is 1. The summed E-state index contributed by atoms with van der Waals surface area (Å²) in [5.74, 6) is 0.753. The van der Waals surface area contributed by atoms with E-state index in [0.29, 0.717) is 23.3 Å². The number of aromatic nitrogens is 2. The third-order valence-electron chi connectivity index (χ3n) is 4.87. The van der Waals surface area contributed by atoms with Gasteiger partial charge in [0, 0.05) is 12.4 Å². The highest BCUT2D eigenvalue weighted by Gasteiger charge is 2.22. The van der Waals surface area contributed by atoms with Crippen LogP contribution in [0.3, 0.4) is 0 Å². The number of halogens is 1. The summed E-state index contributed by atoms with van der Waals surface area (Å²) in [7, 11) is 0. The molecule has 5 nitrogen and oxygen atoms in total. The largest absolute Gasteiger partial charge is 0.494 e. The van der Waals surface area contributed by atoms with E-state index in [-0.39, 0.29) is 12.3 Å². The van der Waals surface area contributed by atoms with Crippen LogP contribution in [-0.2, 0) is 17.8 Å². The Bertz CT molecular complexity index is 1150. The lowest BCUT2D eigenvalue weighted by atomic mass is 10.1. The first-order chi connectivity index (χ1) is 15.0. The van der Waals surface area contributed by atoms with Crippen molar-refractivity contribution in [1.82, 2.24) is 9.97 Å². The van der Waals surface area contributed by atoms with Crippen molar-refractivity contribution >= 4 is 44.2 Å². The van der Waals surface area contributed by atoms with Gasteiger partial charge in [-0.1, -0.05) is 47.2 Å². The molecular weight excluding hydrogens is 430 g/mol. The number of amides is 1. The molecule has 0 saturated heterocycles. The Kier molecular flexibility index (Phi) is 6.49. The molecule has 2 aromatic carbocycles. The van der Waals surface area contributed by atoms with Gasteiger partial charge in [0.05, 0.1) is 34.8 Å². The molecule has 7 heteroatoms. The van der Waals surface area contributed by atoms with E-state index in [0.717, 1.165) is 32.7 Å². The van der Waals surface area contributed by atoms with Crippen LogP contribution in [0.2, 0.25) is 5.02 Å². The zero-order valence-corrected chi connectivity index (χ0v) is 18.9. The van der Waals surface area contributed by atoms with Gasteiger partial charge in [-0.25, -0.2) is 4.98 Å². The van der Waals surface area contributed by atoms with Crippen molar-refractivity contribution in [2.24, 2.45) is 0 Å². The molecule has 0 aliphatic heterocycles. The lowest BCUT2D eigenvalue weighted by Crippen LogP contribution is -2.31. The summed E-state index contributed by atoms with van der Waals surface area (Å²) < 4.78 is 6.39. The first-order valence-electron chi connectivity index (χ1n) is 10.0. The number of ether oxygens (including phenoxy) is 1. The Morgan fingerprint density at radius 3 is 2.61 bits per heavy atom. The van der Waals surface area contributed by atoms with Crippen molar-refractivity contribution in [3.63, 3.8) is 0 Å². The number of benzene rings is 2. The first kappa shape index (κ1) is 21.3. The fraction of sp³-hybridized carbons (Fsp3) is 0.208. The lowest BCUT2D eigenvalue weighted by Gasteiger charge is -2.20. The van der Waals surface area contributed by atoms with Crippen molar-refractivity contribution in [2.75, 3.05) is 11.5 Å². The number of pyridine rings is 1. The molecule has 2 heterocycles. The second kappa shape index (κ2) is 9.45. The summed E-state index contributed by atoms with van der Waals surface area (Å²) in [5.41, 5.74) is 3.71. The predicted molar refractivity (Wildman–Crippen MR) is 126 cm³/mol. The molecule has 0 N–H and O–H groups in total. The van der Waals surface area contributed by atoms with Crippen molar-refractivity contribution in [3.05, 3.63) is 82.6 Å². The van der Waals surface area contributed by atoms with Gasteiger partial charge >= 0.3 is 0 Å². The van der Waals surface area contributed by atoms with Gasteiger partial charge in [0.15, 0.2) is 5.13 Å². The summed E-state index contributed by atoms with van der Waals surface area (Å²) >= 11 is 7.84. The van der Waals surface area contributed by atoms with E-state index in [4.69, 9.17) is 21.3 Å². The van der Waals surface area contributed by atoms with E-state index in [2.05, 4.69) is 4.98 Å². The highest BCUT2D eigenvalue weighted by molar-refractivity contribution is 7.23. The van der Waals surface area contributed by atoms with Crippen LogP contribution < -0.4 is 9.64 Å². The van der Waals surface area contributed by atoms with Crippen LogP contribution in [0, 0.1) is 6.92 Å². The molecule has 0 radical (unpaired) electrons. The van der Waals surface area contributed by atoms with Gasteiger partial charge in [0.25, 0.3) is 0 Å². The van der Waals surface area contributed by atoms with Crippen LogP contribution in [-0.4, -0.2) is 22.5 Å². The van der Waals surface area contributed by atoms with E-state index in [9.17, 15) is 4.79 Å². The molecule has 31 heavy (non-hydrogen) atoms. The van der Waals surface area contributed by atoms with Gasteiger partial charge in [0.2, 0.25) is 5.91 Å². The Morgan fingerprint density at radius 2 is 1.94 bits per heavy atom. The minimum atomic E-state index is -0.0409. The molecule has 158 valence electrons. The Morgan fingerprint density at radius 1 is 1.13 bits per heavy atom. The van der Waals surface area contributed by atoms with Crippen molar-refractivity contribution in [3.8, 4) is 5.75 Å². The molecule has 0 aliphatic carbocycles. The average molecular weight is 452 g/mol. The molecule has 0 aliphatic rings. The summed E-state index contributed by atoms with van der Waals surface area (Å²) in [6, 6.07) is 15.3. The molecule has 1 amide bonds. The highest BCUT2D eigenvalue weighted by atomic mass is 35.5. The van der Waals surface area contributed by atoms with E-state index in [1.165, 1.54) is 11.3 Å². The minimum absolute atomic E-state index is 0.0409. The van der Waals surface area contributed by atoms with E-state index < -0.39 is 0 Å². The summed E-state index contributed by atoms with van der Waals surface area (Å²) in [5, 5.41) is 1.27. The number of nitrogens with zero attached hydrogens (tertiary/aromatic N) is 3. The second-order valence-electron chi connectivity index (χ2n) is 7.13. The van der Waals surface area contributed by atoms with Crippen LogP contribution in [0.15, 0.2) is 60.9 Å². The third-order valence-corrected chi connectivity index (χ3v) is 6.41. The topological polar surface area (TPSA) is 55.3 Å². The second-order valence-corrected chi connectivity index (χ2v) is 8.52. The van der Waals surface area contributed by atoms with Crippen molar-refractivity contribution in [1.29, 1.82) is 0 Å². The molecule has 0 atom stereocenters. The molecule has 0 fully saturated rings. The van der Waals surface area contributed by atoms with E-state index in [1.54, 1.807) is 17.3 Å². The van der Waals surface area contributed by atoms with Crippen LogP contribution >= 0.6 is 22.9 Å². The number of thiazole rings is 1. The maximum Gasteiger partial charge on any atom is 0.233 e. The summed E-state index contributed by atoms with van der Waals surface area (Å²) in [6.45, 7) is 4.94. The Hall–Kier alpha value is -2.96. The van der Waals surface area contributed by atoms with Gasteiger partial charge < -0.3 is 4.74 Å². The molecular formula is C24H22ClN3O2S. The van der Waals surface area contributed by atoms with Crippen LogP contribution in [0.1, 0.15) is 23.6 Å². The number of carbonyl (C=O) groups is 1. The number of hydrogen-bond acceptors (Lipinski definition) is 5. The highest BCUT2D eigenvalue weighted by Crippen LogP contribution is 2.36. The minimum Gasteiger partial charge on any atom is -0.494 e. The van der Waals surface area contributed by atoms with Gasteiger partial charge in [-0.3, -0.25) is 14.7 Å². The molecule has 0 bridgehead atoms. The smallest absolute Gasteiger partial charge is 0.233 e. The van der Waals surface area contributed by atoms with Gasteiger partial charge in [-0.2, -0.15) is 0 Å². The molecule has 0 saturated carbocycles. The quantitative estimate of drug-likeness (QED) is 0.355. The molecule has 4 aromatic rings. The monoisotopic (exact) mass is 451 g/mol. The number of aryl methyl sites for hydroxylation is 1. The Balaban J connectivity index is 1.66. The number of carbonyl (C=O) groups excluding carboxylic acids is 1. The standard InChI is InChI=1S/C24H22ClN3O2S/c1-3-30-19-9-7-17(8-10-19)13-21(29)28(15-18-5-4-12-26-14-18)24-27-22-16(2)6-11-20(25)23(22)31-24/h4-12,14H,3,13,15H2,1-2H3. The van der Waals surface area contributed by atoms with Crippen LogP contribution in [0.4, 0.5) is 5.13 Å². The molecule has 0 unspecified atom stereocenters. The predicted octanol–water partition coefficient (Wildman–Crippen LogP) is 5.83. The first-order valence-corrected chi connectivity index (χ1v) is 11.2. The third kappa shape index (κ3) is 4.86. The fourth-order valence-corrected chi connectivity index (χ4v) is 4.62. The molecule has 2 aromatic heterocycles. The number of fused-ring (bicyclic) bond motifs is 1. The summed E-state index contributed by atoms with van der Waals surface area (Å²) in [4.78, 5) is 24.1. The maximum absolute atomic E-state index is 13.4. The average Bonchev–Trinajstić information content (AvgIpc) is 3.23. The van der Waals surface area contributed by atoms with E-state index >= 15 is 0 Å². The van der Waals surface area contributed by atoms with Crippen LogP contribution in [0.25, 0.3) is 10.2 Å². The van der Waals surface area contributed by atoms with Crippen molar-refractivity contribution < 1.29 is 9.53 Å². The summed E-state index contributed by atoms with van der Waals surface area (Å²) in [6.07, 6.45) is 3.74.